The van der Waals surface area contributed by atoms with Gasteiger partial charge in [0.25, 0.3) is 5.92 Å². The van der Waals surface area contributed by atoms with Crippen molar-refractivity contribution in [1.29, 1.82) is 0 Å². The molecule has 2 N–H and O–H groups in total. The minimum absolute atomic E-state index is 0.240. The van der Waals surface area contributed by atoms with Crippen LogP contribution < -0.4 is 5.32 Å². The monoisotopic (exact) mass is 553 g/mol. The number of carbonyl (C=O) groups excluding carboxylic acids is 1. The lowest BCUT2D eigenvalue weighted by molar-refractivity contribution is -0.188. The fourth-order valence-electron chi connectivity index (χ4n) is 5.24. The Labute approximate surface area is 223 Å². The molecule has 0 bridgehead atoms. The minimum atomic E-state index is -4.69. The van der Waals surface area contributed by atoms with E-state index in [1.54, 1.807) is 0 Å². The number of aliphatic hydroxyl groups is 1. The topological polar surface area (TPSA) is 71.9 Å². The molecule has 1 aromatic carbocycles. The van der Waals surface area contributed by atoms with Crippen LogP contribution in [0.5, 0.6) is 0 Å². The number of pyridine rings is 1. The third-order valence-electron chi connectivity index (χ3n) is 7.56. The van der Waals surface area contributed by atoms with E-state index in [-0.39, 0.29) is 12.2 Å². The van der Waals surface area contributed by atoms with Crippen LogP contribution in [0.3, 0.4) is 0 Å². The molecule has 39 heavy (non-hydrogen) atoms. The highest BCUT2D eigenvalue weighted by Gasteiger charge is 2.47. The van der Waals surface area contributed by atoms with Crippen molar-refractivity contribution in [2.24, 2.45) is 5.92 Å². The SMILES string of the molecule is O=C(CNc1cccc2c1CN(CC1CC1)CC2)N(Cc1ncccc1C(F)(F)F)CC(O)N1CC(F)(F)C1. The zero-order valence-electron chi connectivity index (χ0n) is 21.4. The molecule has 0 spiro atoms. The molecule has 1 aliphatic carbocycles. The van der Waals surface area contributed by atoms with E-state index in [9.17, 15) is 31.9 Å². The van der Waals surface area contributed by atoms with Crippen LogP contribution in [0, 0.1) is 5.92 Å². The molecular formula is C27H32F5N5O2. The summed E-state index contributed by atoms with van der Waals surface area (Å²) in [5.74, 6) is -2.78. The van der Waals surface area contributed by atoms with Crippen molar-refractivity contribution in [2.45, 2.75) is 50.7 Å². The zero-order chi connectivity index (χ0) is 27.8. The molecule has 1 atom stereocenters. The van der Waals surface area contributed by atoms with Gasteiger partial charge in [0.1, 0.15) is 6.23 Å². The maximum atomic E-state index is 13.6. The lowest BCUT2D eigenvalue weighted by atomic mass is 9.97. The average Bonchev–Trinajstić information content (AvgIpc) is 3.69. The van der Waals surface area contributed by atoms with Crippen molar-refractivity contribution in [3.05, 3.63) is 58.9 Å². The number of anilines is 1. The van der Waals surface area contributed by atoms with Gasteiger partial charge in [0, 0.05) is 31.5 Å². The van der Waals surface area contributed by atoms with Crippen molar-refractivity contribution in [3.63, 3.8) is 0 Å². The molecule has 3 heterocycles. The number of nitrogens with one attached hydrogen (secondary N) is 1. The summed E-state index contributed by atoms with van der Waals surface area (Å²) in [5, 5.41) is 13.6. The van der Waals surface area contributed by atoms with E-state index in [2.05, 4.69) is 21.3 Å². The van der Waals surface area contributed by atoms with E-state index < -0.39 is 56.0 Å². The first kappa shape index (κ1) is 27.7. The van der Waals surface area contributed by atoms with Gasteiger partial charge in [-0.15, -0.1) is 0 Å². The third-order valence-corrected chi connectivity index (χ3v) is 7.56. The van der Waals surface area contributed by atoms with Crippen molar-refractivity contribution in [2.75, 3.05) is 44.6 Å². The van der Waals surface area contributed by atoms with Crippen LogP contribution in [0.1, 0.15) is 35.2 Å². The van der Waals surface area contributed by atoms with Crippen LogP contribution in [0.4, 0.5) is 27.6 Å². The summed E-state index contributed by atoms with van der Waals surface area (Å²) in [6, 6.07) is 7.86. The Morgan fingerprint density at radius 2 is 1.97 bits per heavy atom. The Kier molecular flexibility index (Phi) is 7.80. The highest BCUT2D eigenvalue weighted by Crippen LogP contribution is 2.34. The molecule has 3 aliphatic rings. The number of fused-ring (bicyclic) bond motifs is 1. The van der Waals surface area contributed by atoms with E-state index in [0.717, 1.165) is 65.2 Å². The molecule has 12 heteroatoms. The second-order valence-electron chi connectivity index (χ2n) is 10.7. The molecule has 1 amide bonds. The maximum absolute atomic E-state index is 13.6. The molecule has 1 unspecified atom stereocenters. The normalized spacial score (nSPS) is 20.2. The predicted octanol–water partition coefficient (Wildman–Crippen LogP) is 3.58. The van der Waals surface area contributed by atoms with Gasteiger partial charge in [-0.1, -0.05) is 12.1 Å². The van der Waals surface area contributed by atoms with Gasteiger partial charge < -0.3 is 15.3 Å². The van der Waals surface area contributed by atoms with Gasteiger partial charge in [-0.2, -0.15) is 13.2 Å². The van der Waals surface area contributed by atoms with Crippen molar-refractivity contribution >= 4 is 11.6 Å². The Bertz CT molecular complexity index is 1180. The van der Waals surface area contributed by atoms with Gasteiger partial charge in [-0.05, 0) is 54.5 Å². The predicted molar refractivity (Wildman–Crippen MR) is 134 cm³/mol. The number of likely N-dealkylation sites (tertiary alicyclic amines) is 1. The van der Waals surface area contributed by atoms with Crippen LogP contribution >= 0.6 is 0 Å². The molecule has 5 rings (SSSR count). The van der Waals surface area contributed by atoms with Gasteiger partial charge in [0.15, 0.2) is 0 Å². The quantitative estimate of drug-likeness (QED) is 0.439. The van der Waals surface area contributed by atoms with E-state index >= 15 is 0 Å². The Hall–Kier alpha value is -2.83. The first-order valence-electron chi connectivity index (χ1n) is 13.1. The summed E-state index contributed by atoms with van der Waals surface area (Å²) >= 11 is 0. The average molecular weight is 554 g/mol. The number of amides is 1. The number of nitrogens with zero attached hydrogens (tertiary/aromatic N) is 4. The van der Waals surface area contributed by atoms with Gasteiger partial charge >= 0.3 is 6.18 Å². The number of aliphatic hydroxyl groups excluding tert-OH is 1. The summed E-state index contributed by atoms with van der Waals surface area (Å²) in [7, 11) is 0. The third kappa shape index (κ3) is 6.85. The molecular weight excluding hydrogens is 521 g/mol. The highest BCUT2D eigenvalue weighted by molar-refractivity contribution is 5.81. The molecule has 2 aromatic rings. The number of rotatable bonds is 10. The molecule has 2 fully saturated rings. The highest BCUT2D eigenvalue weighted by atomic mass is 19.4. The van der Waals surface area contributed by atoms with Gasteiger partial charge in [-0.25, -0.2) is 8.78 Å². The molecule has 2 aliphatic heterocycles. The van der Waals surface area contributed by atoms with E-state index in [1.165, 1.54) is 24.6 Å². The Morgan fingerprint density at radius 3 is 2.67 bits per heavy atom. The molecule has 1 saturated heterocycles. The standard InChI is InChI=1S/C27H32F5N5O2/c28-26(29)16-37(17-26)25(39)15-36(14-23-21(27(30,31)32)4-2-9-33-23)24(38)11-34-22-5-1-3-19-8-10-35(13-20(19)22)12-18-6-7-18/h1-5,9,18,25,34,39H,6-8,10-17H2. The fraction of sp³-hybridized carbons (Fsp3) is 0.556. The molecule has 7 nitrogen and oxygen atoms in total. The first-order valence-corrected chi connectivity index (χ1v) is 13.1. The summed E-state index contributed by atoms with van der Waals surface area (Å²) in [6.07, 6.45) is -1.55. The van der Waals surface area contributed by atoms with Gasteiger partial charge in [0.05, 0.1) is 44.0 Å². The Morgan fingerprint density at radius 1 is 1.21 bits per heavy atom. The smallest absolute Gasteiger partial charge is 0.376 e. The summed E-state index contributed by atoms with van der Waals surface area (Å²) < 4.78 is 67.4. The first-order chi connectivity index (χ1) is 18.5. The van der Waals surface area contributed by atoms with Crippen molar-refractivity contribution < 1.29 is 31.9 Å². The largest absolute Gasteiger partial charge is 0.418 e. The minimum Gasteiger partial charge on any atom is -0.376 e. The summed E-state index contributed by atoms with van der Waals surface area (Å²) in [4.78, 5) is 21.7. The number of hydrogen-bond donors (Lipinski definition) is 2. The van der Waals surface area contributed by atoms with Gasteiger partial charge in [-0.3, -0.25) is 19.6 Å². The van der Waals surface area contributed by atoms with Crippen molar-refractivity contribution in [3.8, 4) is 0 Å². The van der Waals surface area contributed by atoms with Crippen LogP contribution in [-0.2, 0) is 30.5 Å². The second kappa shape index (κ2) is 11.0. The lowest BCUT2D eigenvalue weighted by Gasteiger charge is -2.42. The molecule has 1 aromatic heterocycles. The maximum Gasteiger partial charge on any atom is 0.418 e. The number of aromatic nitrogens is 1. The number of carbonyl (C=O) groups is 1. The zero-order valence-corrected chi connectivity index (χ0v) is 21.4. The summed E-state index contributed by atoms with van der Waals surface area (Å²) in [5.41, 5.74) is 1.68. The molecule has 1 saturated carbocycles. The van der Waals surface area contributed by atoms with E-state index in [4.69, 9.17) is 0 Å². The van der Waals surface area contributed by atoms with Crippen LogP contribution in [0.2, 0.25) is 0 Å². The summed E-state index contributed by atoms with van der Waals surface area (Å²) in [6.45, 7) is 0.191. The molecule has 0 radical (unpaired) electrons. The van der Waals surface area contributed by atoms with E-state index in [1.807, 2.05) is 12.1 Å². The fourth-order valence-corrected chi connectivity index (χ4v) is 5.24. The van der Waals surface area contributed by atoms with Crippen LogP contribution in [-0.4, -0.2) is 82.1 Å². The van der Waals surface area contributed by atoms with Crippen LogP contribution in [0.25, 0.3) is 0 Å². The number of benzene rings is 1. The number of halogens is 5. The molecule has 212 valence electrons. The van der Waals surface area contributed by atoms with Crippen molar-refractivity contribution in [1.82, 2.24) is 19.7 Å². The van der Waals surface area contributed by atoms with Crippen LogP contribution in [0.15, 0.2) is 36.5 Å². The number of hydrogen-bond acceptors (Lipinski definition) is 6. The van der Waals surface area contributed by atoms with E-state index in [0.29, 0.717) is 0 Å². The second-order valence-corrected chi connectivity index (χ2v) is 10.7. The Balaban J connectivity index is 1.30. The number of alkyl halides is 5. The lowest BCUT2D eigenvalue weighted by Crippen LogP contribution is -2.62. The van der Waals surface area contributed by atoms with Gasteiger partial charge in [0.2, 0.25) is 5.91 Å².